The van der Waals surface area contributed by atoms with Gasteiger partial charge in [0.2, 0.25) is 0 Å². The highest BCUT2D eigenvalue weighted by Crippen LogP contribution is 2.52. The van der Waals surface area contributed by atoms with E-state index in [4.69, 9.17) is 6.57 Å². The van der Waals surface area contributed by atoms with Crippen LogP contribution in [-0.4, -0.2) is 16.7 Å². The van der Waals surface area contributed by atoms with Gasteiger partial charge in [-0.25, -0.2) is 9.64 Å². The number of carbonyl (C=O) groups excluding carboxylic acids is 1. The van der Waals surface area contributed by atoms with Crippen molar-refractivity contribution >= 4 is 23.1 Å². The standard InChI is InChI=1S/C28H26N4O2/c1-5-17-27(3)28(34,22-8-6-7-20(2)18-22)32(25-15-11-23(30-4)12-16-25)26(33)31(27)24-13-9-21(19-29)10-14-24/h6-16,18,34H,5,17H2,1-3H3/t27-,28?/m0/s1. The molecule has 34 heavy (non-hydrogen) atoms. The molecule has 1 aliphatic rings. The normalized spacial score (nSPS) is 21.9. The molecule has 3 aromatic carbocycles. The van der Waals surface area contributed by atoms with Crippen molar-refractivity contribution < 1.29 is 9.90 Å². The number of aliphatic hydroxyl groups is 1. The highest BCUT2D eigenvalue weighted by atomic mass is 16.3. The number of rotatable bonds is 5. The van der Waals surface area contributed by atoms with Crippen LogP contribution in [0.2, 0.25) is 0 Å². The average Bonchev–Trinajstić information content (AvgIpc) is 3.02. The van der Waals surface area contributed by atoms with Crippen LogP contribution >= 0.6 is 0 Å². The molecule has 2 amide bonds. The molecule has 0 aromatic heterocycles. The van der Waals surface area contributed by atoms with Crippen molar-refractivity contribution in [1.82, 2.24) is 0 Å². The van der Waals surface area contributed by atoms with Crippen molar-refractivity contribution in [1.29, 1.82) is 5.26 Å². The second-order valence-corrected chi connectivity index (χ2v) is 8.81. The number of nitriles is 1. The van der Waals surface area contributed by atoms with Gasteiger partial charge < -0.3 is 5.11 Å². The van der Waals surface area contributed by atoms with E-state index in [-0.39, 0.29) is 6.03 Å². The topological polar surface area (TPSA) is 71.9 Å². The summed E-state index contributed by atoms with van der Waals surface area (Å²) in [5.41, 5.74) is 0.910. The van der Waals surface area contributed by atoms with Gasteiger partial charge in [-0.2, -0.15) is 5.26 Å². The maximum Gasteiger partial charge on any atom is 0.332 e. The van der Waals surface area contributed by atoms with E-state index >= 15 is 0 Å². The molecule has 6 heteroatoms. The highest BCUT2D eigenvalue weighted by molar-refractivity contribution is 6.09. The first kappa shape index (κ1) is 23.0. The van der Waals surface area contributed by atoms with Gasteiger partial charge in [-0.05, 0) is 56.7 Å². The van der Waals surface area contributed by atoms with E-state index in [9.17, 15) is 15.2 Å². The van der Waals surface area contributed by atoms with Gasteiger partial charge >= 0.3 is 6.03 Å². The molecule has 3 aromatic rings. The van der Waals surface area contributed by atoms with E-state index in [1.807, 2.05) is 45.0 Å². The third-order valence-electron chi connectivity index (χ3n) is 6.60. The Morgan fingerprint density at radius 3 is 2.21 bits per heavy atom. The fourth-order valence-corrected chi connectivity index (χ4v) is 4.98. The van der Waals surface area contributed by atoms with Crippen molar-refractivity contribution in [3.05, 3.63) is 101 Å². The predicted octanol–water partition coefficient (Wildman–Crippen LogP) is 6.27. The minimum atomic E-state index is -1.69. The summed E-state index contributed by atoms with van der Waals surface area (Å²) in [7, 11) is 0. The van der Waals surface area contributed by atoms with Gasteiger partial charge in [0, 0.05) is 16.9 Å². The van der Waals surface area contributed by atoms with Gasteiger partial charge in [-0.15, -0.1) is 0 Å². The predicted molar refractivity (Wildman–Crippen MR) is 133 cm³/mol. The molecule has 2 atom stereocenters. The smallest absolute Gasteiger partial charge is 0.332 e. The number of hydrogen-bond acceptors (Lipinski definition) is 3. The third-order valence-corrected chi connectivity index (χ3v) is 6.60. The van der Waals surface area contributed by atoms with Crippen LogP contribution in [0.4, 0.5) is 21.9 Å². The molecule has 1 aliphatic heterocycles. The van der Waals surface area contributed by atoms with Crippen LogP contribution in [0.3, 0.4) is 0 Å². The molecule has 6 nitrogen and oxygen atoms in total. The molecule has 1 unspecified atom stereocenters. The number of benzene rings is 3. The van der Waals surface area contributed by atoms with Crippen LogP contribution in [0, 0.1) is 24.8 Å². The molecule has 4 rings (SSSR count). The lowest BCUT2D eigenvalue weighted by atomic mass is 9.78. The Labute approximate surface area is 200 Å². The molecule has 0 spiro atoms. The Morgan fingerprint density at radius 2 is 1.65 bits per heavy atom. The second kappa shape index (κ2) is 8.67. The van der Waals surface area contributed by atoms with Crippen LogP contribution in [0.5, 0.6) is 0 Å². The number of amides is 2. The van der Waals surface area contributed by atoms with Crippen LogP contribution < -0.4 is 9.80 Å². The lowest BCUT2D eigenvalue weighted by Gasteiger charge is -2.45. The number of nitrogens with zero attached hydrogens (tertiary/aromatic N) is 4. The van der Waals surface area contributed by atoms with Crippen LogP contribution in [0.1, 0.15) is 43.4 Å². The van der Waals surface area contributed by atoms with Gasteiger partial charge in [0.25, 0.3) is 0 Å². The van der Waals surface area contributed by atoms with Crippen molar-refractivity contribution in [2.75, 3.05) is 9.80 Å². The van der Waals surface area contributed by atoms with E-state index in [1.165, 1.54) is 4.90 Å². The largest absolute Gasteiger partial charge is 0.364 e. The first-order valence-corrected chi connectivity index (χ1v) is 11.2. The summed E-state index contributed by atoms with van der Waals surface area (Å²) in [6, 6.07) is 22.8. The van der Waals surface area contributed by atoms with Crippen LogP contribution in [-0.2, 0) is 5.72 Å². The molecule has 0 radical (unpaired) electrons. The maximum absolute atomic E-state index is 14.1. The van der Waals surface area contributed by atoms with Crippen LogP contribution in [0.25, 0.3) is 4.85 Å². The van der Waals surface area contributed by atoms with Gasteiger partial charge in [0.1, 0.15) is 0 Å². The zero-order valence-corrected chi connectivity index (χ0v) is 19.5. The van der Waals surface area contributed by atoms with E-state index in [2.05, 4.69) is 10.9 Å². The van der Waals surface area contributed by atoms with E-state index in [0.717, 1.165) is 12.0 Å². The zero-order chi connectivity index (χ0) is 24.5. The van der Waals surface area contributed by atoms with Gasteiger partial charge in [0.15, 0.2) is 11.4 Å². The number of carbonyl (C=O) groups is 1. The fourth-order valence-electron chi connectivity index (χ4n) is 4.98. The molecule has 1 saturated heterocycles. The Balaban J connectivity index is 2.00. The first-order chi connectivity index (χ1) is 16.3. The monoisotopic (exact) mass is 450 g/mol. The van der Waals surface area contributed by atoms with Crippen LogP contribution in [0.15, 0.2) is 72.8 Å². The van der Waals surface area contributed by atoms with E-state index in [1.54, 1.807) is 53.4 Å². The van der Waals surface area contributed by atoms with Crippen molar-refractivity contribution in [3.8, 4) is 6.07 Å². The fraction of sp³-hybridized carbons (Fsp3) is 0.250. The summed E-state index contributed by atoms with van der Waals surface area (Å²) in [6.07, 6.45) is 1.26. The molecule has 170 valence electrons. The summed E-state index contributed by atoms with van der Waals surface area (Å²) in [6.45, 7) is 13.1. The Hall–Kier alpha value is -4.13. The maximum atomic E-state index is 14.1. The summed E-state index contributed by atoms with van der Waals surface area (Å²) in [5, 5.41) is 21.9. The molecular formula is C28H26N4O2. The van der Waals surface area contributed by atoms with E-state index < -0.39 is 11.3 Å². The molecule has 1 N–H and O–H groups in total. The molecule has 0 saturated carbocycles. The molecular weight excluding hydrogens is 424 g/mol. The molecule has 1 fully saturated rings. The van der Waals surface area contributed by atoms with Gasteiger partial charge in [-0.3, -0.25) is 9.80 Å². The first-order valence-electron chi connectivity index (χ1n) is 11.2. The van der Waals surface area contributed by atoms with Gasteiger partial charge in [-0.1, -0.05) is 55.3 Å². The minimum absolute atomic E-state index is 0.375. The SMILES string of the molecule is [C-]#[N+]c1ccc(N2C(=O)N(c3ccc(C#N)cc3)[C@@](C)(CCC)C2(O)c2cccc(C)c2)cc1. The average molecular weight is 451 g/mol. The number of anilines is 2. The number of aryl methyl sites for hydroxylation is 1. The number of urea groups is 1. The number of hydrogen-bond donors (Lipinski definition) is 1. The van der Waals surface area contributed by atoms with Crippen molar-refractivity contribution in [2.24, 2.45) is 0 Å². The summed E-state index contributed by atoms with van der Waals surface area (Å²) in [5.74, 6) is 0. The Morgan fingerprint density at radius 1 is 1.03 bits per heavy atom. The van der Waals surface area contributed by atoms with Crippen molar-refractivity contribution in [3.63, 3.8) is 0 Å². The zero-order valence-electron chi connectivity index (χ0n) is 19.5. The third kappa shape index (κ3) is 3.41. The Bertz CT molecular complexity index is 1300. The lowest BCUT2D eigenvalue weighted by molar-refractivity contribution is -0.0140. The second-order valence-electron chi connectivity index (χ2n) is 8.81. The molecule has 0 bridgehead atoms. The summed E-state index contributed by atoms with van der Waals surface area (Å²) >= 11 is 0. The quantitative estimate of drug-likeness (QED) is 0.466. The molecule has 0 aliphatic carbocycles. The highest BCUT2D eigenvalue weighted by Gasteiger charge is 2.65. The van der Waals surface area contributed by atoms with Crippen molar-refractivity contribution in [2.45, 2.75) is 44.9 Å². The Kier molecular flexibility index (Phi) is 5.87. The minimum Gasteiger partial charge on any atom is -0.364 e. The van der Waals surface area contributed by atoms with E-state index in [0.29, 0.717) is 34.6 Å². The molecule has 1 heterocycles. The summed E-state index contributed by atoms with van der Waals surface area (Å²) < 4.78 is 0. The summed E-state index contributed by atoms with van der Waals surface area (Å²) in [4.78, 5) is 20.7. The van der Waals surface area contributed by atoms with Gasteiger partial charge in [0.05, 0.1) is 23.7 Å². The lowest BCUT2D eigenvalue weighted by Crippen LogP contribution is -2.58.